The summed E-state index contributed by atoms with van der Waals surface area (Å²) in [6.07, 6.45) is 17.1. The predicted octanol–water partition coefficient (Wildman–Crippen LogP) is 6.63. The zero-order valence-corrected chi connectivity index (χ0v) is 22.7. The van der Waals surface area contributed by atoms with E-state index in [2.05, 4.69) is 49.7 Å². The normalized spacial score (nSPS) is 16.9. The Balaban J connectivity index is 2.23. The third-order valence-corrected chi connectivity index (χ3v) is 7.63. The van der Waals surface area contributed by atoms with Gasteiger partial charge < -0.3 is 15.1 Å². The maximum absolute atomic E-state index is 12.7. The maximum Gasteiger partial charge on any atom is 0.222 e. The molecule has 1 saturated heterocycles. The lowest BCUT2D eigenvalue weighted by atomic mass is 9.95. The number of unbranched alkanes of at least 4 members (excludes halogenated alkanes) is 5. The minimum atomic E-state index is 0.183. The van der Waals surface area contributed by atoms with Crippen LogP contribution in [0.1, 0.15) is 125 Å². The lowest BCUT2D eigenvalue weighted by molar-refractivity contribution is -0.133. The first kappa shape index (κ1) is 29.4. The fourth-order valence-corrected chi connectivity index (χ4v) is 5.09. The third kappa shape index (κ3) is 12.6. The van der Waals surface area contributed by atoms with Crippen LogP contribution in [-0.4, -0.2) is 60.5 Å². The Bertz CT molecular complexity index is 471. The quantitative estimate of drug-likeness (QED) is 0.237. The molecule has 4 heteroatoms. The third-order valence-electron chi connectivity index (χ3n) is 7.63. The molecule has 0 aromatic heterocycles. The van der Waals surface area contributed by atoms with Gasteiger partial charge in [-0.15, -0.1) is 0 Å². The lowest BCUT2D eigenvalue weighted by Gasteiger charge is -2.38. The fourth-order valence-electron chi connectivity index (χ4n) is 5.09. The molecular weight excluding hydrogens is 394 g/mol. The summed E-state index contributed by atoms with van der Waals surface area (Å²) in [5.41, 5.74) is 0.183. The number of rotatable bonds is 18. The van der Waals surface area contributed by atoms with Crippen LogP contribution in [0.5, 0.6) is 0 Å². The predicted molar refractivity (Wildman–Crippen MR) is 140 cm³/mol. The van der Waals surface area contributed by atoms with Crippen molar-refractivity contribution in [1.82, 2.24) is 15.1 Å². The smallest absolute Gasteiger partial charge is 0.222 e. The van der Waals surface area contributed by atoms with Crippen molar-refractivity contribution in [3.05, 3.63) is 0 Å². The van der Waals surface area contributed by atoms with Crippen molar-refractivity contribution >= 4 is 5.91 Å². The molecule has 4 nitrogen and oxygen atoms in total. The van der Waals surface area contributed by atoms with Gasteiger partial charge >= 0.3 is 0 Å². The molecular formula is C28H57N3O. The Hall–Kier alpha value is -0.610. The van der Waals surface area contributed by atoms with Crippen LogP contribution in [0.25, 0.3) is 0 Å². The monoisotopic (exact) mass is 451 g/mol. The van der Waals surface area contributed by atoms with E-state index in [1.54, 1.807) is 0 Å². The summed E-state index contributed by atoms with van der Waals surface area (Å²) in [4.78, 5) is 17.5. The highest BCUT2D eigenvalue weighted by Gasteiger charge is 2.26. The average Bonchev–Trinajstić information content (AvgIpc) is 2.79. The van der Waals surface area contributed by atoms with Gasteiger partial charge in [-0.05, 0) is 58.4 Å². The summed E-state index contributed by atoms with van der Waals surface area (Å²) in [6.45, 7) is 16.0. The molecule has 1 heterocycles. The fraction of sp³-hybridized carbons (Fsp3) is 0.964. The van der Waals surface area contributed by atoms with Crippen molar-refractivity contribution in [2.24, 2.45) is 5.92 Å². The number of piperidine rings is 1. The summed E-state index contributed by atoms with van der Waals surface area (Å²) >= 11 is 0. The second-order valence-corrected chi connectivity index (χ2v) is 11.0. The zero-order chi connectivity index (χ0) is 23.8. The van der Waals surface area contributed by atoms with Gasteiger partial charge in [-0.3, -0.25) is 4.79 Å². The molecule has 0 bridgehead atoms. The van der Waals surface area contributed by atoms with Crippen LogP contribution in [0.15, 0.2) is 0 Å². The van der Waals surface area contributed by atoms with Gasteiger partial charge in [-0.2, -0.15) is 0 Å². The minimum absolute atomic E-state index is 0.183. The molecule has 0 saturated carbocycles. The summed E-state index contributed by atoms with van der Waals surface area (Å²) < 4.78 is 0. The van der Waals surface area contributed by atoms with Gasteiger partial charge in [0.15, 0.2) is 0 Å². The molecule has 1 unspecified atom stereocenters. The van der Waals surface area contributed by atoms with Crippen molar-refractivity contribution in [2.45, 2.75) is 136 Å². The van der Waals surface area contributed by atoms with Crippen LogP contribution in [0, 0.1) is 5.92 Å². The van der Waals surface area contributed by atoms with Gasteiger partial charge in [0, 0.05) is 44.7 Å². The standard InChI is InChI=1S/C28H57N3O/c1-7-10-12-14-20-28(4,5)29-21-15-17-27(32)30(6)26-18-22-31(23-19-26)24-25(9-3)16-13-11-8-2/h25-26,29H,7-24H2,1-6H3. The van der Waals surface area contributed by atoms with Gasteiger partial charge in [0.1, 0.15) is 0 Å². The maximum atomic E-state index is 12.7. The Morgan fingerprint density at radius 3 is 2.28 bits per heavy atom. The molecule has 190 valence electrons. The van der Waals surface area contributed by atoms with Gasteiger partial charge in [0.2, 0.25) is 5.91 Å². The molecule has 32 heavy (non-hydrogen) atoms. The van der Waals surface area contributed by atoms with Crippen LogP contribution < -0.4 is 5.32 Å². The molecule has 0 spiro atoms. The SMILES string of the molecule is CCCCCCC(C)(C)NCCCC(=O)N(C)C1CCN(CC(CC)CCCCC)CC1. The van der Waals surface area contributed by atoms with E-state index in [4.69, 9.17) is 0 Å². The van der Waals surface area contributed by atoms with Crippen LogP contribution in [0.4, 0.5) is 0 Å². The Morgan fingerprint density at radius 2 is 1.66 bits per heavy atom. The first-order valence-electron chi connectivity index (χ1n) is 14.1. The molecule has 1 atom stereocenters. The number of nitrogens with zero attached hydrogens (tertiary/aromatic N) is 2. The Labute approximate surface area is 201 Å². The zero-order valence-electron chi connectivity index (χ0n) is 22.7. The minimum Gasteiger partial charge on any atom is -0.343 e. The molecule has 1 fully saturated rings. The Kier molecular flexibility index (Phi) is 15.6. The molecule has 1 aliphatic heterocycles. The van der Waals surface area contributed by atoms with Crippen LogP contribution in [0.3, 0.4) is 0 Å². The van der Waals surface area contributed by atoms with Crippen LogP contribution in [0.2, 0.25) is 0 Å². The number of hydrogen-bond donors (Lipinski definition) is 1. The molecule has 0 aromatic carbocycles. The number of carbonyl (C=O) groups is 1. The second kappa shape index (κ2) is 16.9. The van der Waals surface area contributed by atoms with Gasteiger partial charge in [-0.1, -0.05) is 72.1 Å². The van der Waals surface area contributed by atoms with Crippen molar-refractivity contribution < 1.29 is 4.79 Å². The topological polar surface area (TPSA) is 35.6 Å². The summed E-state index contributed by atoms with van der Waals surface area (Å²) in [6, 6.07) is 0.432. The van der Waals surface area contributed by atoms with E-state index in [0.29, 0.717) is 18.4 Å². The number of amides is 1. The molecule has 0 aliphatic carbocycles. The van der Waals surface area contributed by atoms with Crippen LogP contribution >= 0.6 is 0 Å². The van der Waals surface area contributed by atoms with Gasteiger partial charge in [0.25, 0.3) is 0 Å². The van der Waals surface area contributed by atoms with Crippen molar-refractivity contribution in [3.8, 4) is 0 Å². The molecule has 1 N–H and O–H groups in total. The van der Waals surface area contributed by atoms with E-state index in [0.717, 1.165) is 44.8 Å². The van der Waals surface area contributed by atoms with Crippen LogP contribution in [-0.2, 0) is 4.79 Å². The van der Waals surface area contributed by atoms with E-state index >= 15 is 0 Å². The van der Waals surface area contributed by atoms with Crippen molar-refractivity contribution in [2.75, 3.05) is 33.2 Å². The van der Waals surface area contributed by atoms with E-state index in [-0.39, 0.29) is 5.54 Å². The van der Waals surface area contributed by atoms with Crippen molar-refractivity contribution in [1.29, 1.82) is 0 Å². The van der Waals surface area contributed by atoms with Gasteiger partial charge in [0.05, 0.1) is 0 Å². The van der Waals surface area contributed by atoms with E-state index in [1.165, 1.54) is 70.8 Å². The summed E-state index contributed by atoms with van der Waals surface area (Å²) in [5, 5.41) is 3.68. The molecule has 0 aromatic rings. The second-order valence-electron chi connectivity index (χ2n) is 11.0. The number of hydrogen-bond acceptors (Lipinski definition) is 3. The number of nitrogens with one attached hydrogen (secondary N) is 1. The lowest BCUT2D eigenvalue weighted by Crippen LogP contribution is -2.46. The number of likely N-dealkylation sites (tertiary alicyclic amines) is 1. The molecule has 1 aliphatic rings. The summed E-state index contributed by atoms with van der Waals surface area (Å²) in [7, 11) is 2.04. The highest BCUT2D eigenvalue weighted by molar-refractivity contribution is 5.76. The van der Waals surface area contributed by atoms with Crippen molar-refractivity contribution in [3.63, 3.8) is 0 Å². The Morgan fingerprint density at radius 1 is 1.00 bits per heavy atom. The van der Waals surface area contributed by atoms with Gasteiger partial charge in [-0.25, -0.2) is 0 Å². The summed E-state index contributed by atoms with van der Waals surface area (Å²) in [5.74, 6) is 1.18. The molecule has 0 radical (unpaired) electrons. The van der Waals surface area contributed by atoms with E-state index < -0.39 is 0 Å². The van der Waals surface area contributed by atoms with E-state index in [9.17, 15) is 4.79 Å². The molecule has 1 rings (SSSR count). The first-order valence-corrected chi connectivity index (χ1v) is 14.1. The molecule has 1 amide bonds. The first-order chi connectivity index (χ1) is 15.3. The number of carbonyl (C=O) groups excluding carboxylic acids is 1. The average molecular weight is 452 g/mol. The highest BCUT2D eigenvalue weighted by Crippen LogP contribution is 2.21. The van der Waals surface area contributed by atoms with E-state index in [1.807, 2.05) is 7.05 Å². The highest BCUT2D eigenvalue weighted by atomic mass is 16.2. The largest absolute Gasteiger partial charge is 0.343 e.